The van der Waals surface area contributed by atoms with Gasteiger partial charge in [0.2, 0.25) is 0 Å². The van der Waals surface area contributed by atoms with Crippen molar-refractivity contribution in [3.8, 4) is 11.1 Å². The Bertz CT molecular complexity index is 1100. The molecule has 158 valence electrons. The van der Waals surface area contributed by atoms with Gasteiger partial charge in [0.1, 0.15) is 0 Å². The Morgan fingerprint density at radius 1 is 0.839 bits per heavy atom. The highest BCUT2D eigenvalue weighted by Gasteiger charge is 2.28. The van der Waals surface area contributed by atoms with E-state index in [2.05, 4.69) is 5.32 Å². The van der Waals surface area contributed by atoms with Crippen molar-refractivity contribution < 1.29 is 29.7 Å². The molecule has 0 aliphatic carbocycles. The molecule has 0 spiro atoms. The zero-order chi connectivity index (χ0) is 22.4. The van der Waals surface area contributed by atoms with Crippen LogP contribution in [0.25, 0.3) is 11.1 Å². The van der Waals surface area contributed by atoms with E-state index in [1.165, 1.54) is 18.2 Å². The van der Waals surface area contributed by atoms with Crippen molar-refractivity contribution in [3.05, 3.63) is 95.6 Å². The van der Waals surface area contributed by atoms with E-state index in [4.69, 9.17) is 0 Å². The molecule has 0 fully saturated rings. The van der Waals surface area contributed by atoms with Gasteiger partial charge in [0.25, 0.3) is 5.91 Å². The molecule has 0 saturated heterocycles. The van der Waals surface area contributed by atoms with Crippen molar-refractivity contribution in [1.29, 1.82) is 0 Å². The van der Waals surface area contributed by atoms with Crippen LogP contribution in [-0.2, 0) is 11.2 Å². The molecule has 0 bridgehead atoms. The Morgan fingerprint density at radius 3 is 2.19 bits per heavy atom. The molecule has 0 saturated carbocycles. The molecule has 2 unspecified atom stereocenters. The van der Waals surface area contributed by atoms with E-state index in [1.54, 1.807) is 54.6 Å². The number of carbonyl (C=O) groups excluding carboxylic acids is 1. The van der Waals surface area contributed by atoms with Crippen molar-refractivity contribution in [2.75, 3.05) is 0 Å². The summed E-state index contributed by atoms with van der Waals surface area (Å²) in [4.78, 5) is 35.7. The smallest absolute Gasteiger partial charge is 0.336 e. The van der Waals surface area contributed by atoms with E-state index in [0.29, 0.717) is 11.1 Å². The number of aliphatic hydroxyl groups is 1. The highest BCUT2D eigenvalue weighted by Crippen LogP contribution is 2.25. The topological polar surface area (TPSA) is 124 Å². The molecule has 0 aliphatic rings. The summed E-state index contributed by atoms with van der Waals surface area (Å²) >= 11 is 0. The van der Waals surface area contributed by atoms with E-state index >= 15 is 0 Å². The number of nitrogens with one attached hydrogen (secondary N) is 1. The lowest BCUT2D eigenvalue weighted by Crippen LogP contribution is -2.48. The first-order valence-electron chi connectivity index (χ1n) is 9.55. The van der Waals surface area contributed by atoms with Crippen LogP contribution in [0.3, 0.4) is 0 Å². The predicted octanol–water partition coefficient (Wildman–Crippen LogP) is 2.84. The molecule has 3 aromatic rings. The summed E-state index contributed by atoms with van der Waals surface area (Å²) in [7, 11) is 0. The van der Waals surface area contributed by atoms with Crippen LogP contribution in [0.5, 0.6) is 0 Å². The Hall–Kier alpha value is -3.97. The number of hydrogen-bond acceptors (Lipinski definition) is 4. The molecule has 31 heavy (non-hydrogen) atoms. The van der Waals surface area contributed by atoms with Gasteiger partial charge in [-0.1, -0.05) is 60.7 Å². The number of hydrogen-bond donors (Lipinski definition) is 4. The second-order valence-corrected chi connectivity index (χ2v) is 6.98. The van der Waals surface area contributed by atoms with Crippen LogP contribution in [0, 0.1) is 0 Å². The van der Waals surface area contributed by atoms with Crippen LogP contribution in [0.4, 0.5) is 0 Å². The fourth-order valence-electron chi connectivity index (χ4n) is 3.28. The largest absolute Gasteiger partial charge is 0.479 e. The Labute approximate surface area is 178 Å². The second kappa shape index (κ2) is 9.69. The number of aromatic carboxylic acids is 1. The van der Waals surface area contributed by atoms with Crippen molar-refractivity contribution in [3.63, 3.8) is 0 Å². The average Bonchev–Trinajstić information content (AvgIpc) is 2.78. The van der Waals surface area contributed by atoms with Gasteiger partial charge >= 0.3 is 11.9 Å². The summed E-state index contributed by atoms with van der Waals surface area (Å²) in [6.07, 6.45) is -1.67. The lowest BCUT2D eigenvalue weighted by atomic mass is 9.97. The highest BCUT2D eigenvalue weighted by molar-refractivity contribution is 5.99. The van der Waals surface area contributed by atoms with Gasteiger partial charge < -0.3 is 20.6 Å². The molecule has 3 rings (SSSR count). The molecular formula is C24H21NO6. The van der Waals surface area contributed by atoms with E-state index < -0.39 is 30.0 Å². The number of carboxylic acids is 2. The van der Waals surface area contributed by atoms with Crippen LogP contribution in [0.1, 0.15) is 26.3 Å². The minimum absolute atomic E-state index is 0.100. The summed E-state index contributed by atoms with van der Waals surface area (Å²) in [6, 6.07) is 20.7. The molecule has 7 heteroatoms. The lowest BCUT2D eigenvalue weighted by Gasteiger charge is -2.22. The second-order valence-electron chi connectivity index (χ2n) is 6.98. The van der Waals surface area contributed by atoms with Crippen LogP contribution in [0.15, 0.2) is 78.9 Å². The third kappa shape index (κ3) is 5.34. The first-order chi connectivity index (χ1) is 14.9. The van der Waals surface area contributed by atoms with Gasteiger partial charge in [-0.15, -0.1) is 0 Å². The molecule has 0 aromatic heterocycles. The number of benzene rings is 3. The molecule has 4 N–H and O–H groups in total. The molecule has 0 aliphatic heterocycles. The summed E-state index contributed by atoms with van der Waals surface area (Å²) in [6.45, 7) is 0. The van der Waals surface area contributed by atoms with E-state index in [1.807, 2.05) is 6.07 Å². The van der Waals surface area contributed by atoms with E-state index in [0.717, 1.165) is 5.56 Å². The highest BCUT2D eigenvalue weighted by atomic mass is 16.4. The van der Waals surface area contributed by atoms with Crippen molar-refractivity contribution in [1.82, 2.24) is 5.32 Å². The minimum atomic E-state index is -1.79. The monoisotopic (exact) mass is 419 g/mol. The van der Waals surface area contributed by atoms with Crippen molar-refractivity contribution in [2.24, 2.45) is 0 Å². The average molecular weight is 419 g/mol. The van der Waals surface area contributed by atoms with E-state index in [9.17, 15) is 29.7 Å². The Balaban J connectivity index is 1.87. The lowest BCUT2D eigenvalue weighted by molar-refractivity contribution is -0.148. The normalized spacial score (nSPS) is 12.5. The first kappa shape index (κ1) is 21.7. The number of aliphatic carboxylic acids is 1. The molecule has 7 nitrogen and oxygen atoms in total. The van der Waals surface area contributed by atoms with Crippen LogP contribution in [-0.4, -0.2) is 45.3 Å². The maximum absolute atomic E-state index is 12.8. The quantitative estimate of drug-likeness (QED) is 0.445. The summed E-state index contributed by atoms with van der Waals surface area (Å²) < 4.78 is 0. The molecular weight excluding hydrogens is 398 g/mol. The number of carboxylic acid groups (broad SMARTS) is 2. The molecule has 0 radical (unpaired) electrons. The van der Waals surface area contributed by atoms with Crippen molar-refractivity contribution in [2.45, 2.75) is 18.6 Å². The Kier molecular flexibility index (Phi) is 6.79. The SMILES string of the molecule is O=C(NC(Cc1ccccc1)C(O)C(=O)O)c1cccc(-c2ccccc2C(=O)O)c1. The van der Waals surface area contributed by atoms with Gasteiger partial charge in [-0.3, -0.25) is 4.79 Å². The van der Waals surface area contributed by atoms with Gasteiger partial charge in [0.15, 0.2) is 6.10 Å². The van der Waals surface area contributed by atoms with Crippen LogP contribution < -0.4 is 5.32 Å². The number of rotatable bonds is 8. The predicted molar refractivity (Wildman–Crippen MR) is 114 cm³/mol. The van der Waals surface area contributed by atoms with Gasteiger partial charge in [0.05, 0.1) is 11.6 Å². The molecule has 3 aromatic carbocycles. The maximum Gasteiger partial charge on any atom is 0.336 e. The van der Waals surface area contributed by atoms with Gasteiger partial charge in [-0.2, -0.15) is 0 Å². The number of aliphatic hydroxyl groups excluding tert-OH is 1. The zero-order valence-corrected chi connectivity index (χ0v) is 16.4. The first-order valence-corrected chi connectivity index (χ1v) is 9.55. The zero-order valence-electron chi connectivity index (χ0n) is 16.4. The summed E-state index contributed by atoms with van der Waals surface area (Å²) in [5, 5.41) is 31.3. The third-order valence-electron chi connectivity index (χ3n) is 4.84. The van der Waals surface area contributed by atoms with Gasteiger partial charge in [-0.25, -0.2) is 9.59 Å². The van der Waals surface area contributed by atoms with Crippen LogP contribution >= 0.6 is 0 Å². The number of amides is 1. The fraction of sp³-hybridized carbons (Fsp3) is 0.125. The fourth-order valence-corrected chi connectivity index (χ4v) is 3.28. The number of carbonyl (C=O) groups is 3. The van der Waals surface area contributed by atoms with Gasteiger partial charge in [-0.05, 0) is 41.3 Å². The summed E-state index contributed by atoms with van der Waals surface area (Å²) in [5.41, 5.74) is 2.06. The maximum atomic E-state index is 12.8. The molecule has 1 amide bonds. The minimum Gasteiger partial charge on any atom is -0.479 e. The third-order valence-corrected chi connectivity index (χ3v) is 4.84. The van der Waals surface area contributed by atoms with E-state index in [-0.39, 0.29) is 17.5 Å². The summed E-state index contributed by atoms with van der Waals surface area (Å²) in [5.74, 6) is -3.10. The molecule has 2 atom stereocenters. The molecule has 0 heterocycles. The standard InChI is InChI=1S/C24H21NO6/c26-21(24(30)31)20(13-15-7-2-1-3-8-15)25-22(27)17-10-6-9-16(14-17)18-11-4-5-12-19(18)23(28)29/h1-12,14,20-21,26H,13H2,(H,25,27)(H,28,29)(H,30,31). The Morgan fingerprint density at radius 2 is 1.52 bits per heavy atom. The van der Waals surface area contributed by atoms with Gasteiger partial charge in [0, 0.05) is 5.56 Å². The van der Waals surface area contributed by atoms with Crippen LogP contribution in [0.2, 0.25) is 0 Å². The van der Waals surface area contributed by atoms with Crippen molar-refractivity contribution >= 4 is 17.8 Å².